The number of nitrogens with zero attached hydrogens (tertiary/aromatic N) is 5. The summed E-state index contributed by atoms with van der Waals surface area (Å²) in [5.74, 6) is 1.67. The molecule has 2 aromatic rings. The Balaban J connectivity index is 1.32. The van der Waals surface area contributed by atoms with E-state index in [2.05, 4.69) is 44.4 Å². The van der Waals surface area contributed by atoms with E-state index in [4.69, 9.17) is 9.47 Å². The Kier molecular flexibility index (Phi) is 10.0. The summed E-state index contributed by atoms with van der Waals surface area (Å²) < 4.78 is 11.4. The molecular formula is C30H45N7O4. The van der Waals surface area contributed by atoms with Crippen LogP contribution in [0.5, 0.6) is 5.75 Å². The van der Waals surface area contributed by atoms with Crippen molar-refractivity contribution < 1.29 is 19.1 Å². The first kappa shape index (κ1) is 30.5. The van der Waals surface area contributed by atoms with E-state index >= 15 is 0 Å². The van der Waals surface area contributed by atoms with Gasteiger partial charge in [0, 0.05) is 49.2 Å². The highest BCUT2D eigenvalue weighted by Gasteiger charge is 2.36. The zero-order valence-corrected chi connectivity index (χ0v) is 25.1. The Hall–Kier alpha value is -3.44. The van der Waals surface area contributed by atoms with Crippen LogP contribution in [0.3, 0.4) is 0 Å². The fourth-order valence-electron chi connectivity index (χ4n) is 5.15. The molecule has 0 aliphatic carbocycles. The van der Waals surface area contributed by atoms with Crippen molar-refractivity contribution in [2.45, 2.75) is 71.1 Å². The predicted molar refractivity (Wildman–Crippen MR) is 160 cm³/mol. The fraction of sp³-hybridized carbons (Fsp3) is 0.600. The van der Waals surface area contributed by atoms with E-state index in [0.717, 1.165) is 49.5 Å². The van der Waals surface area contributed by atoms with Gasteiger partial charge in [-0.25, -0.2) is 9.78 Å². The average molecular weight is 568 g/mol. The summed E-state index contributed by atoms with van der Waals surface area (Å²) in [7, 11) is 2.05. The highest BCUT2D eigenvalue weighted by atomic mass is 16.6. The molecule has 2 aliphatic rings. The van der Waals surface area contributed by atoms with Gasteiger partial charge in [-0.2, -0.15) is 4.98 Å². The lowest BCUT2D eigenvalue weighted by Crippen LogP contribution is -2.53. The van der Waals surface area contributed by atoms with Gasteiger partial charge in [0.25, 0.3) is 0 Å². The molecule has 2 aliphatic heterocycles. The molecule has 0 bridgehead atoms. The standard InChI is InChI=1S/C30H45N7O4/c1-29(2,3)41-28(39)37-16-12-30(4,13-17-37)35(5)21-23-20-31-27(34-26(23)32-22-38)33-24-8-10-25(11-9-24)40-19-18-36-14-6-7-15-36/h8-11,20,22H,6-7,12-19,21H2,1-5H3,(H2,31,32,33,34,38). The van der Waals surface area contributed by atoms with E-state index in [1.54, 1.807) is 11.1 Å². The molecule has 41 heavy (non-hydrogen) atoms. The Morgan fingerprint density at radius 2 is 1.80 bits per heavy atom. The smallest absolute Gasteiger partial charge is 0.410 e. The lowest BCUT2D eigenvalue weighted by atomic mass is 9.88. The highest BCUT2D eigenvalue weighted by molar-refractivity contribution is 5.71. The number of piperidine rings is 1. The molecule has 2 amide bonds. The molecule has 2 saturated heterocycles. The lowest BCUT2D eigenvalue weighted by molar-refractivity contribution is -0.105. The van der Waals surface area contributed by atoms with Gasteiger partial charge in [-0.1, -0.05) is 0 Å². The number of hydrogen-bond acceptors (Lipinski definition) is 9. The molecule has 1 aromatic heterocycles. The third kappa shape index (κ3) is 8.77. The van der Waals surface area contributed by atoms with Crippen LogP contribution in [0, 0.1) is 0 Å². The number of anilines is 3. The maximum atomic E-state index is 12.5. The van der Waals surface area contributed by atoms with Crippen molar-refractivity contribution in [3.63, 3.8) is 0 Å². The second kappa shape index (κ2) is 13.5. The molecule has 3 heterocycles. The number of carbonyl (C=O) groups excluding carboxylic acids is 2. The molecule has 0 atom stereocenters. The Labute approximate surface area is 243 Å². The van der Waals surface area contributed by atoms with Crippen LogP contribution in [-0.2, 0) is 16.1 Å². The maximum absolute atomic E-state index is 12.5. The average Bonchev–Trinajstić information content (AvgIpc) is 3.44. The van der Waals surface area contributed by atoms with Gasteiger partial charge in [0.1, 0.15) is 23.8 Å². The Bertz CT molecular complexity index is 1150. The molecule has 2 N–H and O–H groups in total. The number of likely N-dealkylation sites (tertiary alicyclic amines) is 2. The van der Waals surface area contributed by atoms with Crippen LogP contribution in [0.4, 0.5) is 22.2 Å². The van der Waals surface area contributed by atoms with Crippen LogP contribution in [0.15, 0.2) is 30.5 Å². The molecule has 4 rings (SSSR count). The van der Waals surface area contributed by atoms with Crippen molar-refractivity contribution in [3.8, 4) is 5.75 Å². The van der Waals surface area contributed by atoms with Crippen LogP contribution in [0.2, 0.25) is 0 Å². The van der Waals surface area contributed by atoms with E-state index in [1.807, 2.05) is 45.0 Å². The van der Waals surface area contributed by atoms with E-state index in [9.17, 15) is 9.59 Å². The van der Waals surface area contributed by atoms with E-state index < -0.39 is 5.60 Å². The minimum Gasteiger partial charge on any atom is -0.492 e. The lowest BCUT2D eigenvalue weighted by Gasteiger charge is -2.45. The summed E-state index contributed by atoms with van der Waals surface area (Å²) in [4.78, 5) is 39.4. The van der Waals surface area contributed by atoms with Crippen molar-refractivity contribution >= 4 is 30.0 Å². The van der Waals surface area contributed by atoms with Gasteiger partial charge in [-0.15, -0.1) is 0 Å². The SMILES string of the molecule is CN(Cc1cnc(Nc2ccc(OCCN3CCCC3)cc2)nc1NC=O)C1(C)CCN(C(=O)OC(C)(C)C)CC1. The quantitative estimate of drug-likeness (QED) is 0.380. The molecular weight excluding hydrogens is 522 g/mol. The summed E-state index contributed by atoms with van der Waals surface area (Å²) in [5, 5.41) is 5.94. The predicted octanol–water partition coefficient (Wildman–Crippen LogP) is 4.48. The van der Waals surface area contributed by atoms with Crippen LogP contribution in [0.1, 0.15) is 58.9 Å². The van der Waals surface area contributed by atoms with E-state index in [1.165, 1.54) is 12.8 Å². The number of amides is 2. The minimum absolute atomic E-state index is 0.133. The minimum atomic E-state index is -0.512. The summed E-state index contributed by atoms with van der Waals surface area (Å²) in [6.45, 7) is 13.6. The molecule has 11 heteroatoms. The van der Waals surface area contributed by atoms with E-state index in [0.29, 0.717) is 44.4 Å². The van der Waals surface area contributed by atoms with E-state index in [-0.39, 0.29) is 11.6 Å². The molecule has 224 valence electrons. The molecule has 0 saturated carbocycles. The summed E-state index contributed by atoms with van der Waals surface area (Å²) in [5.41, 5.74) is 0.986. The number of hydrogen-bond donors (Lipinski definition) is 2. The first-order valence-corrected chi connectivity index (χ1v) is 14.5. The fourth-order valence-corrected chi connectivity index (χ4v) is 5.15. The number of nitrogens with one attached hydrogen (secondary N) is 2. The number of carbonyl (C=O) groups is 2. The van der Waals surface area contributed by atoms with Crippen LogP contribution >= 0.6 is 0 Å². The first-order valence-electron chi connectivity index (χ1n) is 14.5. The Morgan fingerprint density at radius 3 is 2.44 bits per heavy atom. The van der Waals surface area contributed by atoms with Crippen LogP contribution < -0.4 is 15.4 Å². The van der Waals surface area contributed by atoms with Crippen molar-refractivity contribution in [1.82, 2.24) is 24.7 Å². The number of ether oxygens (including phenoxy) is 2. The summed E-state index contributed by atoms with van der Waals surface area (Å²) in [6.07, 6.45) is 6.27. The van der Waals surface area contributed by atoms with Crippen molar-refractivity contribution in [1.29, 1.82) is 0 Å². The third-order valence-corrected chi connectivity index (χ3v) is 7.87. The Morgan fingerprint density at radius 1 is 1.12 bits per heavy atom. The second-order valence-electron chi connectivity index (χ2n) is 12.2. The molecule has 11 nitrogen and oxygen atoms in total. The molecule has 0 unspecified atom stereocenters. The second-order valence-corrected chi connectivity index (χ2v) is 12.2. The zero-order valence-electron chi connectivity index (χ0n) is 25.1. The highest BCUT2D eigenvalue weighted by Crippen LogP contribution is 2.31. The molecule has 2 fully saturated rings. The van der Waals surface area contributed by atoms with Gasteiger partial charge in [-0.05, 0) is 97.8 Å². The van der Waals surface area contributed by atoms with Crippen molar-refractivity contribution in [3.05, 3.63) is 36.0 Å². The van der Waals surface area contributed by atoms with Crippen LogP contribution in [0.25, 0.3) is 0 Å². The monoisotopic (exact) mass is 567 g/mol. The van der Waals surface area contributed by atoms with Gasteiger partial charge in [0.15, 0.2) is 0 Å². The molecule has 1 aromatic carbocycles. The zero-order chi connectivity index (χ0) is 29.5. The summed E-state index contributed by atoms with van der Waals surface area (Å²) >= 11 is 0. The summed E-state index contributed by atoms with van der Waals surface area (Å²) in [6, 6.07) is 7.70. The van der Waals surface area contributed by atoms with Gasteiger partial charge in [0.2, 0.25) is 12.4 Å². The largest absolute Gasteiger partial charge is 0.492 e. The number of rotatable bonds is 11. The van der Waals surface area contributed by atoms with Crippen LogP contribution in [-0.4, -0.2) is 94.7 Å². The topological polar surface area (TPSA) is 112 Å². The number of aromatic nitrogens is 2. The van der Waals surface area contributed by atoms with Gasteiger partial charge in [-0.3, -0.25) is 14.6 Å². The van der Waals surface area contributed by atoms with Gasteiger partial charge < -0.3 is 25.0 Å². The van der Waals surface area contributed by atoms with Gasteiger partial charge >= 0.3 is 6.09 Å². The van der Waals surface area contributed by atoms with Crippen molar-refractivity contribution in [2.75, 3.05) is 57.0 Å². The maximum Gasteiger partial charge on any atom is 0.410 e. The molecule has 0 radical (unpaired) electrons. The molecule has 0 spiro atoms. The van der Waals surface area contributed by atoms with Crippen molar-refractivity contribution in [2.24, 2.45) is 0 Å². The third-order valence-electron chi connectivity index (χ3n) is 7.87. The van der Waals surface area contributed by atoms with Gasteiger partial charge in [0.05, 0.1) is 0 Å². The normalized spacial score (nSPS) is 17.4. The first-order chi connectivity index (χ1) is 19.5. The number of benzene rings is 1.